The van der Waals surface area contributed by atoms with Crippen LogP contribution in [0, 0.1) is 0 Å². The van der Waals surface area contributed by atoms with Gasteiger partial charge in [-0.25, -0.2) is 0 Å². The number of rotatable bonds is 4. The van der Waals surface area contributed by atoms with Gasteiger partial charge >= 0.3 is 5.97 Å². The third-order valence-electron chi connectivity index (χ3n) is 1.10. The molecule has 0 aliphatic heterocycles. The first kappa shape index (κ1) is 10.1. The van der Waals surface area contributed by atoms with Crippen LogP contribution < -0.4 is 0 Å². The molecule has 0 N–H and O–H groups in total. The zero-order chi connectivity index (χ0) is 8.85. The van der Waals surface area contributed by atoms with Crippen LogP contribution in [0.5, 0.6) is 0 Å². The van der Waals surface area contributed by atoms with Crippen molar-refractivity contribution < 1.29 is 14.3 Å². The molecule has 3 nitrogen and oxygen atoms in total. The highest BCUT2D eigenvalue weighted by Gasteiger charge is 2.09. The van der Waals surface area contributed by atoms with E-state index >= 15 is 0 Å². The summed E-state index contributed by atoms with van der Waals surface area (Å²) in [6.45, 7) is 5.24. The molecule has 0 atom stereocenters. The second-order valence-corrected chi connectivity index (χ2v) is 2.61. The molecule has 0 saturated heterocycles. The van der Waals surface area contributed by atoms with E-state index in [9.17, 15) is 9.59 Å². The zero-order valence-corrected chi connectivity index (χ0v) is 7.22. The summed E-state index contributed by atoms with van der Waals surface area (Å²) in [6, 6.07) is 0. The fourth-order valence-electron chi connectivity index (χ4n) is 0.591. The van der Waals surface area contributed by atoms with Gasteiger partial charge in [0.05, 0.1) is 6.10 Å². The number of ketones is 1. The molecule has 0 radical (unpaired) electrons. The Balaban J connectivity index is 3.61. The lowest BCUT2D eigenvalue weighted by Crippen LogP contribution is -2.14. The Hall–Kier alpha value is -0.860. The van der Waals surface area contributed by atoms with Crippen molar-refractivity contribution in [2.24, 2.45) is 0 Å². The van der Waals surface area contributed by atoms with Crippen LogP contribution in [0.2, 0.25) is 0 Å². The van der Waals surface area contributed by atoms with Crippen LogP contribution >= 0.6 is 0 Å². The molecule has 0 bridgehead atoms. The minimum Gasteiger partial charge on any atom is -0.463 e. The summed E-state index contributed by atoms with van der Waals surface area (Å²) in [4.78, 5) is 21.5. The molecule has 0 fully saturated rings. The molecule has 0 heterocycles. The van der Waals surface area contributed by atoms with Gasteiger partial charge in [0.2, 0.25) is 0 Å². The van der Waals surface area contributed by atoms with Gasteiger partial charge in [-0.05, 0) is 13.8 Å². The van der Waals surface area contributed by atoms with Gasteiger partial charge < -0.3 is 4.74 Å². The van der Waals surface area contributed by atoms with E-state index in [0.29, 0.717) is 6.42 Å². The van der Waals surface area contributed by atoms with Crippen LogP contribution in [0.15, 0.2) is 0 Å². The molecular weight excluding hydrogens is 144 g/mol. The van der Waals surface area contributed by atoms with Gasteiger partial charge in [-0.1, -0.05) is 6.92 Å². The number of hydrogen-bond acceptors (Lipinski definition) is 3. The van der Waals surface area contributed by atoms with Gasteiger partial charge in [-0.15, -0.1) is 0 Å². The monoisotopic (exact) mass is 158 g/mol. The highest BCUT2D eigenvalue weighted by Crippen LogP contribution is 1.95. The second-order valence-electron chi connectivity index (χ2n) is 2.61. The molecule has 3 heteroatoms. The van der Waals surface area contributed by atoms with Gasteiger partial charge in [0.1, 0.15) is 12.2 Å². The number of esters is 1. The second kappa shape index (κ2) is 4.88. The number of ether oxygens (including phenoxy) is 1. The van der Waals surface area contributed by atoms with Crippen LogP contribution in [-0.2, 0) is 14.3 Å². The lowest BCUT2D eigenvalue weighted by Gasteiger charge is -2.05. The van der Waals surface area contributed by atoms with E-state index in [1.165, 1.54) is 0 Å². The van der Waals surface area contributed by atoms with E-state index in [1.807, 2.05) is 0 Å². The molecule has 0 aromatic heterocycles. The number of carbonyl (C=O) groups is 2. The lowest BCUT2D eigenvalue weighted by molar-refractivity contribution is -0.149. The number of carbonyl (C=O) groups excluding carboxylic acids is 2. The Bertz CT molecular complexity index is 149. The van der Waals surface area contributed by atoms with Gasteiger partial charge in [-0.3, -0.25) is 9.59 Å². The molecule has 0 aliphatic rings. The van der Waals surface area contributed by atoms with E-state index in [1.54, 1.807) is 20.8 Å². The summed E-state index contributed by atoms with van der Waals surface area (Å²) >= 11 is 0. The Morgan fingerprint density at radius 3 is 2.27 bits per heavy atom. The SMILES string of the molecule is CCC(=O)CC(=O)OC(C)C. The van der Waals surface area contributed by atoms with Crippen molar-refractivity contribution in [3.63, 3.8) is 0 Å². The van der Waals surface area contributed by atoms with Gasteiger partial charge in [-0.2, -0.15) is 0 Å². The number of hydrogen-bond donors (Lipinski definition) is 0. The van der Waals surface area contributed by atoms with Crippen LogP contribution in [-0.4, -0.2) is 17.9 Å². The molecule has 0 aromatic carbocycles. The van der Waals surface area contributed by atoms with E-state index in [2.05, 4.69) is 0 Å². The van der Waals surface area contributed by atoms with E-state index < -0.39 is 5.97 Å². The fraction of sp³-hybridized carbons (Fsp3) is 0.750. The summed E-state index contributed by atoms with van der Waals surface area (Å²) in [7, 11) is 0. The maximum atomic E-state index is 10.8. The molecule has 0 aromatic rings. The van der Waals surface area contributed by atoms with Gasteiger partial charge in [0.15, 0.2) is 0 Å². The minimum atomic E-state index is -0.424. The van der Waals surface area contributed by atoms with Crippen molar-refractivity contribution in [2.75, 3.05) is 0 Å². The maximum Gasteiger partial charge on any atom is 0.313 e. The third-order valence-corrected chi connectivity index (χ3v) is 1.10. The molecule has 64 valence electrons. The summed E-state index contributed by atoms with van der Waals surface area (Å²) in [5.74, 6) is -0.498. The first-order chi connectivity index (χ1) is 5.06. The summed E-state index contributed by atoms with van der Waals surface area (Å²) in [6.07, 6.45) is 0.175. The van der Waals surface area contributed by atoms with E-state index in [4.69, 9.17) is 4.74 Å². The first-order valence-corrected chi connectivity index (χ1v) is 3.77. The number of Topliss-reactive ketones (excluding diaryl/α,β-unsaturated/α-hetero) is 1. The molecular formula is C8H14O3. The zero-order valence-electron chi connectivity index (χ0n) is 7.22. The lowest BCUT2D eigenvalue weighted by atomic mass is 10.2. The highest BCUT2D eigenvalue weighted by atomic mass is 16.5. The molecule has 0 amide bonds. The third kappa shape index (κ3) is 5.58. The van der Waals surface area contributed by atoms with Crippen LogP contribution in [0.1, 0.15) is 33.6 Å². The van der Waals surface area contributed by atoms with Crippen molar-refractivity contribution in [2.45, 2.75) is 39.7 Å². The van der Waals surface area contributed by atoms with Crippen molar-refractivity contribution in [3.8, 4) is 0 Å². The van der Waals surface area contributed by atoms with E-state index in [-0.39, 0.29) is 18.3 Å². The summed E-state index contributed by atoms with van der Waals surface area (Å²) in [5, 5.41) is 0. The van der Waals surface area contributed by atoms with Crippen molar-refractivity contribution >= 4 is 11.8 Å². The van der Waals surface area contributed by atoms with Crippen LogP contribution in [0.3, 0.4) is 0 Å². The van der Waals surface area contributed by atoms with Crippen LogP contribution in [0.25, 0.3) is 0 Å². The molecule has 0 unspecified atom stereocenters. The summed E-state index contributed by atoms with van der Waals surface area (Å²) < 4.78 is 4.76. The fourth-order valence-corrected chi connectivity index (χ4v) is 0.591. The quantitative estimate of drug-likeness (QED) is 0.457. The van der Waals surface area contributed by atoms with Crippen molar-refractivity contribution in [1.29, 1.82) is 0 Å². The molecule has 0 rings (SSSR count). The van der Waals surface area contributed by atoms with Gasteiger partial charge in [0.25, 0.3) is 0 Å². The Morgan fingerprint density at radius 1 is 1.36 bits per heavy atom. The molecule has 0 spiro atoms. The average molecular weight is 158 g/mol. The molecule has 11 heavy (non-hydrogen) atoms. The predicted octanol–water partition coefficient (Wildman–Crippen LogP) is 1.31. The average Bonchev–Trinajstić information content (AvgIpc) is 1.85. The minimum absolute atomic E-state index is 0.0735. The van der Waals surface area contributed by atoms with E-state index in [0.717, 1.165) is 0 Å². The Morgan fingerprint density at radius 2 is 1.91 bits per heavy atom. The largest absolute Gasteiger partial charge is 0.463 e. The maximum absolute atomic E-state index is 10.8. The predicted molar refractivity (Wildman–Crippen MR) is 41.1 cm³/mol. The summed E-state index contributed by atoms with van der Waals surface area (Å²) in [5.41, 5.74) is 0. The van der Waals surface area contributed by atoms with Gasteiger partial charge in [0, 0.05) is 6.42 Å². The van der Waals surface area contributed by atoms with Crippen LogP contribution in [0.4, 0.5) is 0 Å². The highest BCUT2D eigenvalue weighted by molar-refractivity contribution is 5.95. The Labute approximate surface area is 66.7 Å². The normalized spacial score (nSPS) is 9.82. The molecule has 0 saturated carbocycles. The Kier molecular flexibility index (Phi) is 4.50. The molecule has 0 aliphatic carbocycles. The smallest absolute Gasteiger partial charge is 0.313 e. The van der Waals surface area contributed by atoms with Crippen molar-refractivity contribution in [1.82, 2.24) is 0 Å². The standard InChI is InChI=1S/C8H14O3/c1-4-7(9)5-8(10)11-6(2)3/h6H,4-5H2,1-3H3. The first-order valence-electron chi connectivity index (χ1n) is 3.77. The van der Waals surface area contributed by atoms with Crippen molar-refractivity contribution in [3.05, 3.63) is 0 Å². The topological polar surface area (TPSA) is 43.4 Å².